The first-order chi connectivity index (χ1) is 65.6. The third-order valence-corrected chi connectivity index (χ3v) is 20.8. The van der Waals surface area contributed by atoms with Gasteiger partial charge in [0.25, 0.3) is 5.56 Å². The Morgan fingerprint density at radius 1 is 0.406 bits per heavy atom. The summed E-state index contributed by atoms with van der Waals surface area (Å²) in [5, 5.41) is 17.9. The number of nitrogens with zero attached hydrogens (tertiary/aromatic N) is 14. The topological polar surface area (TPSA) is 454 Å². The van der Waals surface area contributed by atoms with E-state index in [0.717, 1.165) is 43.6 Å². The Morgan fingerprint density at radius 3 is 1.13 bits per heavy atom. The predicted molar refractivity (Wildman–Crippen MR) is 503 cm³/mol. The Bertz CT molecular complexity index is 7170. The molecule has 14 rings (SSSR count). The van der Waals surface area contributed by atoms with Crippen LogP contribution in [-0.2, 0) is 73.3 Å². The van der Waals surface area contributed by atoms with E-state index in [2.05, 4.69) is 54.7 Å². The lowest BCUT2D eigenvalue weighted by Gasteiger charge is -2.25. The minimum absolute atomic E-state index is 0.0604. The van der Waals surface area contributed by atoms with Crippen LogP contribution in [0.5, 0.6) is 11.5 Å². The zero-order valence-corrected chi connectivity index (χ0v) is 78.6. The molecule has 6 aromatic carbocycles. The second kappa shape index (κ2) is 45.1. The van der Waals surface area contributed by atoms with Gasteiger partial charge in [0, 0.05) is 44.6 Å². The fourth-order valence-electron chi connectivity index (χ4n) is 13.3. The Morgan fingerprint density at radius 2 is 0.732 bits per heavy atom. The van der Waals surface area contributed by atoms with E-state index in [0.29, 0.717) is 67.4 Å². The molecule has 0 aliphatic carbocycles. The van der Waals surface area contributed by atoms with Gasteiger partial charge in [-0.3, -0.25) is 29.0 Å². The lowest BCUT2D eigenvalue weighted by Crippen LogP contribution is -2.35. The molecule has 8 aromatic heterocycles. The van der Waals surface area contributed by atoms with E-state index in [1.54, 1.807) is 105 Å². The van der Waals surface area contributed by atoms with Crippen molar-refractivity contribution in [1.82, 2.24) is 58.8 Å². The van der Waals surface area contributed by atoms with Gasteiger partial charge in [0.1, 0.15) is 68.7 Å². The second-order valence-electron chi connectivity index (χ2n) is 32.1. The van der Waals surface area contributed by atoms with Gasteiger partial charge < -0.3 is 63.0 Å². The number of rotatable bonds is 28. The lowest BCUT2D eigenvalue weighted by molar-refractivity contribution is -0.0500. The van der Waals surface area contributed by atoms with Crippen molar-refractivity contribution in [2.24, 2.45) is 0 Å². The molecule has 3 N–H and O–H groups in total. The summed E-state index contributed by atoms with van der Waals surface area (Å²) in [5.41, 5.74) is -3.30. The molecular formula is C96H99F3N16O22S. The van der Waals surface area contributed by atoms with Crippen LogP contribution in [-0.4, -0.2) is 153 Å². The third-order valence-electron chi connectivity index (χ3n) is 19.8. The van der Waals surface area contributed by atoms with Crippen LogP contribution in [0.2, 0.25) is 0 Å². The molecule has 0 unspecified atom stereocenters. The molecule has 0 atom stereocenters. The maximum Gasteiger partial charge on any atom is 0.534 e. The molecule has 722 valence electrons. The first kappa shape index (κ1) is 102. The number of fused-ring (bicyclic) bond motifs is 4. The zero-order chi connectivity index (χ0) is 100. The van der Waals surface area contributed by atoms with E-state index >= 15 is 0 Å². The molecule has 38 nitrogen and oxygen atoms in total. The molecule has 0 fully saturated rings. The summed E-state index contributed by atoms with van der Waals surface area (Å²) in [5.74, 6) is -4.87. The van der Waals surface area contributed by atoms with Crippen LogP contribution in [0.25, 0.3) is 44.1 Å². The largest absolute Gasteiger partial charge is 0.534 e. The molecule has 14 aromatic rings. The number of hydrogen-bond donors (Lipinski definition) is 3. The van der Waals surface area contributed by atoms with Crippen LogP contribution in [0.4, 0.5) is 45.5 Å². The summed E-state index contributed by atoms with van der Waals surface area (Å²) in [4.78, 5) is 174. The summed E-state index contributed by atoms with van der Waals surface area (Å²) in [6, 6.07) is 53.0. The van der Waals surface area contributed by atoms with E-state index in [9.17, 15) is 69.8 Å². The predicted octanol–water partition coefficient (Wildman–Crippen LogP) is 13.3. The van der Waals surface area contributed by atoms with Crippen molar-refractivity contribution >= 4 is 107 Å². The van der Waals surface area contributed by atoms with Gasteiger partial charge >= 0.3 is 62.4 Å². The van der Waals surface area contributed by atoms with Gasteiger partial charge in [-0.1, -0.05) is 146 Å². The molecule has 138 heavy (non-hydrogen) atoms. The lowest BCUT2D eigenvalue weighted by atomic mass is 10.1. The van der Waals surface area contributed by atoms with Crippen molar-refractivity contribution in [1.29, 1.82) is 0 Å². The normalized spacial score (nSPS) is 11.3. The average molecular weight is 1920 g/mol. The van der Waals surface area contributed by atoms with Crippen molar-refractivity contribution < 1.29 is 97.9 Å². The monoisotopic (exact) mass is 1920 g/mol. The van der Waals surface area contributed by atoms with Crippen LogP contribution in [0.1, 0.15) is 150 Å². The fourth-order valence-corrected chi connectivity index (χ4v) is 13.8. The Balaban J connectivity index is 0.000000179. The van der Waals surface area contributed by atoms with Crippen molar-refractivity contribution in [2.45, 2.75) is 146 Å². The summed E-state index contributed by atoms with van der Waals surface area (Å²) in [6.07, 6.45) is 4.06. The molecule has 0 radical (unpaired) electrons. The van der Waals surface area contributed by atoms with Crippen LogP contribution in [0.3, 0.4) is 0 Å². The van der Waals surface area contributed by atoms with E-state index in [1.165, 1.54) is 53.4 Å². The van der Waals surface area contributed by atoms with Gasteiger partial charge in [0.15, 0.2) is 45.0 Å². The van der Waals surface area contributed by atoms with Gasteiger partial charge in [0.2, 0.25) is 0 Å². The maximum absolute atomic E-state index is 13.8. The van der Waals surface area contributed by atoms with E-state index in [1.807, 2.05) is 155 Å². The molecule has 0 aliphatic heterocycles. The highest BCUT2D eigenvalue weighted by Crippen LogP contribution is 2.36. The molecule has 0 saturated carbocycles. The number of alkyl halides is 3. The quantitative estimate of drug-likeness (QED) is 0.0177. The smallest absolute Gasteiger partial charge is 0.506 e. The molecule has 0 aliphatic rings. The van der Waals surface area contributed by atoms with Crippen LogP contribution < -0.4 is 66.2 Å². The van der Waals surface area contributed by atoms with Crippen molar-refractivity contribution in [3.05, 3.63) is 315 Å². The van der Waals surface area contributed by atoms with Crippen molar-refractivity contribution in [2.75, 3.05) is 54.3 Å². The maximum atomic E-state index is 13.8. The van der Waals surface area contributed by atoms with Crippen LogP contribution in [0, 0.1) is 27.7 Å². The zero-order valence-electron chi connectivity index (χ0n) is 77.7. The van der Waals surface area contributed by atoms with Gasteiger partial charge in [-0.05, 0) is 148 Å². The van der Waals surface area contributed by atoms with Crippen molar-refractivity contribution in [3.63, 3.8) is 0 Å². The minimum atomic E-state index is -6.27. The molecule has 42 heteroatoms. The molecule has 2 amide bonds. The number of amides is 2. The Labute approximate surface area is 787 Å². The molecule has 0 spiro atoms. The summed E-state index contributed by atoms with van der Waals surface area (Å²) < 4.78 is 96.3. The number of aromatic nitrogens is 12. The van der Waals surface area contributed by atoms with Gasteiger partial charge in [-0.15, -0.1) is 18.9 Å². The number of ether oxygens (including phenoxy) is 5. The number of pyridine rings is 4. The van der Waals surface area contributed by atoms with Gasteiger partial charge in [0.05, 0.1) is 75.5 Å². The summed E-state index contributed by atoms with van der Waals surface area (Å²) in [7, 11) is -2.97. The number of benzene rings is 6. The molecule has 0 saturated heterocycles. The number of hydrogen-bond acceptors (Lipinski definition) is 32. The molecule has 8 heterocycles. The first-order valence-corrected chi connectivity index (χ1v) is 44.1. The van der Waals surface area contributed by atoms with Crippen LogP contribution >= 0.6 is 0 Å². The number of anilines is 4. The standard InChI is InChI=1S/C31H35N5O6.C28H31N5O4.C19H16F3N3O7S.C18H17N3O5/c1-7-40-29(38)25-26(32-17-22-14-11-15-23(16-22)35(6)30(39)42-31(3,4)5)24-20(2)33-19-34-27(24)36(28(25)37)41-18-21-12-9-8-10-13-21;1-19-25-23(29-16-21-12-9-13-22(14-21)32(5)27(35)37-28(2,3)4)15-24(34)33(26(25)31-18-30-19)36-17-20-10-7-6-8-11-20;1-3-30-18(27)14-15(32-33(28,29)19(20,21)22)13-11(2)23-10-24-16(13)25(17(14)26)31-9-12-7-5-4-6-8-12;1-3-25-18(24)14-15(22)13-11(2)19-10-20-16(13)21(17(14)23)26-9-12-7-5-4-6-8-12/h8-16,19,32H,7,17-18H2,1-6H3;6-15,18,29H,16-17H2,1-5H3;4-8,10H,3,9H2,1-2H3;4-8,10,22H,3,9H2,1-2H3. The second-order valence-corrected chi connectivity index (χ2v) is 33.6. The highest BCUT2D eigenvalue weighted by atomic mass is 32.2. The molecule has 0 bridgehead atoms. The summed E-state index contributed by atoms with van der Waals surface area (Å²) >= 11 is 0. The minimum Gasteiger partial charge on any atom is -0.506 e. The first-order valence-electron chi connectivity index (χ1n) is 42.7. The van der Waals surface area contributed by atoms with Gasteiger partial charge in [-0.2, -0.15) is 21.6 Å². The number of nitrogens with one attached hydrogen (secondary N) is 2. The van der Waals surface area contributed by atoms with Crippen molar-refractivity contribution in [3.8, 4) is 11.5 Å². The molecular weight excluding hydrogens is 1820 g/mol. The highest BCUT2D eigenvalue weighted by molar-refractivity contribution is 7.88. The number of aryl methyl sites for hydroxylation is 4. The third kappa shape index (κ3) is 25.1. The Hall–Kier alpha value is -16.4. The Kier molecular flexibility index (Phi) is 33.3. The number of esters is 3. The van der Waals surface area contributed by atoms with Crippen LogP contribution in [0.15, 0.2) is 220 Å². The SMILES string of the molecule is CCOC(=O)c1c(NCc2cccc(N(C)C(=O)OC(C)(C)C)c2)c2c(C)ncnc2n(OCc2ccccc2)c1=O.CCOC(=O)c1c(O)c2c(C)ncnc2n(OCc2ccccc2)c1=O.CCOC(=O)c1c(OS(=O)(=O)C(F)(F)F)c2c(C)ncnc2n(OCc2ccccc2)c1=O.Cc1ncnc2c1c(NCc1cccc(N(C)C(=O)OC(C)(C)C)c1)cc(=O)n2OCc1ccccc1. The number of carbonyl (C=O) groups excluding carboxylic acids is 5. The van der Waals surface area contributed by atoms with E-state index in [4.69, 9.17) is 43.0 Å². The number of aromatic hydroxyl groups is 1. The summed E-state index contributed by atoms with van der Waals surface area (Å²) in [6.45, 7) is 22.7. The van der Waals surface area contributed by atoms with E-state index < -0.39 is 107 Å². The van der Waals surface area contributed by atoms with Gasteiger partial charge in [-0.25, -0.2) is 63.8 Å². The van der Waals surface area contributed by atoms with E-state index in [-0.39, 0.29) is 92.0 Å². The fraction of sp³-hybridized carbons (Fsp3) is 0.281. The highest BCUT2D eigenvalue weighted by Gasteiger charge is 2.50. The average Bonchev–Trinajstić information content (AvgIpc) is 0.728. The number of halogens is 3. The number of carbonyl (C=O) groups is 5.